The zero-order valence-electron chi connectivity index (χ0n) is 15.4. The number of rotatable bonds is 6. The molecule has 7 heteroatoms. The van der Waals surface area contributed by atoms with Gasteiger partial charge in [-0.15, -0.1) is 0 Å². The molecule has 0 saturated heterocycles. The number of nitrogens with one attached hydrogen (secondary N) is 2. The van der Waals surface area contributed by atoms with E-state index in [1.165, 1.54) is 31.4 Å². The zero-order chi connectivity index (χ0) is 19.7. The van der Waals surface area contributed by atoms with Gasteiger partial charge >= 0.3 is 0 Å². The first-order valence-electron chi connectivity index (χ1n) is 9.57. The summed E-state index contributed by atoms with van der Waals surface area (Å²) in [7, 11) is -3.78. The third-order valence-electron chi connectivity index (χ3n) is 5.84. The number of benzene rings is 2. The fourth-order valence-electron chi connectivity index (χ4n) is 4.58. The van der Waals surface area contributed by atoms with Crippen LogP contribution in [0.1, 0.15) is 32.1 Å². The molecular formula is C21H23ClN2O3S. The van der Waals surface area contributed by atoms with Gasteiger partial charge in [0.1, 0.15) is 0 Å². The molecule has 3 unspecified atom stereocenters. The van der Waals surface area contributed by atoms with E-state index in [1.807, 2.05) is 0 Å². The van der Waals surface area contributed by atoms with E-state index < -0.39 is 10.0 Å². The summed E-state index contributed by atoms with van der Waals surface area (Å²) in [6.07, 6.45) is 5.48. The van der Waals surface area contributed by atoms with Crippen molar-refractivity contribution in [3.05, 3.63) is 53.6 Å². The molecule has 2 aromatic rings. The largest absolute Gasteiger partial charge is 0.326 e. The van der Waals surface area contributed by atoms with Gasteiger partial charge in [-0.25, -0.2) is 8.42 Å². The van der Waals surface area contributed by atoms with Gasteiger partial charge in [0.05, 0.1) is 10.6 Å². The first-order valence-corrected chi connectivity index (χ1v) is 11.4. The topological polar surface area (TPSA) is 75.3 Å². The molecule has 0 spiro atoms. The van der Waals surface area contributed by atoms with Crippen LogP contribution in [0.2, 0.25) is 5.02 Å². The molecule has 148 valence electrons. The van der Waals surface area contributed by atoms with Crippen LogP contribution < -0.4 is 10.0 Å². The van der Waals surface area contributed by atoms with Gasteiger partial charge in [-0.3, -0.25) is 9.52 Å². The minimum absolute atomic E-state index is 0.0464. The van der Waals surface area contributed by atoms with E-state index in [1.54, 1.807) is 36.4 Å². The first kappa shape index (κ1) is 19.3. The molecule has 0 aromatic heterocycles. The molecule has 2 fully saturated rings. The van der Waals surface area contributed by atoms with Crippen LogP contribution in [0, 0.1) is 17.8 Å². The number of halogens is 1. The van der Waals surface area contributed by atoms with Crippen LogP contribution in [0.25, 0.3) is 0 Å². The summed E-state index contributed by atoms with van der Waals surface area (Å²) >= 11 is 5.91. The van der Waals surface area contributed by atoms with Gasteiger partial charge in [-0.1, -0.05) is 30.2 Å². The van der Waals surface area contributed by atoms with Crippen LogP contribution in [0.4, 0.5) is 11.4 Å². The Bertz CT molecular complexity index is 993. The molecule has 4 rings (SSSR count). The number of amides is 1. The summed E-state index contributed by atoms with van der Waals surface area (Å²) in [5.41, 5.74) is 0.875. The highest BCUT2D eigenvalue weighted by molar-refractivity contribution is 7.92. The molecule has 28 heavy (non-hydrogen) atoms. The van der Waals surface area contributed by atoms with Gasteiger partial charge in [0.2, 0.25) is 5.91 Å². The lowest BCUT2D eigenvalue weighted by Crippen LogP contribution is -2.20. The summed E-state index contributed by atoms with van der Waals surface area (Å²) < 4.78 is 27.8. The molecule has 1 amide bonds. The molecule has 0 radical (unpaired) electrons. The van der Waals surface area contributed by atoms with Crippen molar-refractivity contribution in [2.75, 3.05) is 10.0 Å². The maximum atomic E-state index is 12.6. The molecule has 2 N–H and O–H groups in total. The van der Waals surface area contributed by atoms with Gasteiger partial charge in [-0.05, 0) is 73.4 Å². The summed E-state index contributed by atoms with van der Waals surface area (Å²) in [5.74, 6) is 1.91. The van der Waals surface area contributed by atoms with Gasteiger partial charge in [0.25, 0.3) is 10.0 Å². The number of sulfonamides is 1. The normalized spacial score (nSPS) is 23.5. The van der Waals surface area contributed by atoms with Gasteiger partial charge < -0.3 is 5.32 Å². The molecule has 2 aliphatic carbocycles. The van der Waals surface area contributed by atoms with Gasteiger partial charge in [0.15, 0.2) is 0 Å². The molecule has 2 saturated carbocycles. The number of carbonyl (C=O) groups excluding carboxylic acids is 1. The van der Waals surface area contributed by atoms with Crippen molar-refractivity contribution in [3.63, 3.8) is 0 Å². The van der Waals surface area contributed by atoms with Crippen LogP contribution in [0.5, 0.6) is 0 Å². The average Bonchev–Trinajstić information content (AvgIpc) is 3.24. The standard InChI is InChI=1S/C21H23ClN2O3S/c22-17-3-1-5-19(12-17)24-28(26,27)20-6-2-4-18(13-20)23-21(25)11-16-10-14-7-8-15(16)9-14/h1-6,12-16,24H,7-11H2,(H,23,25). The Hall–Kier alpha value is -2.05. The highest BCUT2D eigenvalue weighted by Gasteiger charge is 2.40. The number of fused-ring (bicyclic) bond motifs is 2. The highest BCUT2D eigenvalue weighted by atomic mass is 35.5. The molecule has 0 aliphatic heterocycles. The van der Waals surface area contributed by atoms with E-state index >= 15 is 0 Å². The third kappa shape index (κ3) is 4.33. The molecule has 5 nitrogen and oxygen atoms in total. The maximum absolute atomic E-state index is 12.6. The Morgan fingerprint density at radius 2 is 1.82 bits per heavy atom. The van der Waals surface area contributed by atoms with Gasteiger partial charge in [0, 0.05) is 17.1 Å². The number of hydrogen-bond donors (Lipinski definition) is 2. The van der Waals surface area contributed by atoms with Crippen molar-refractivity contribution in [1.29, 1.82) is 0 Å². The minimum atomic E-state index is -3.78. The first-order chi connectivity index (χ1) is 13.4. The van der Waals surface area contributed by atoms with Crippen LogP contribution in [0.3, 0.4) is 0 Å². The van der Waals surface area contributed by atoms with E-state index in [9.17, 15) is 13.2 Å². The Morgan fingerprint density at radius 3 is 2.54 bits per heavy atom. The van der Waals surface area contributed by atoms with Crippen LogP contribution >= 0.6 is 11.6 Å². The third-order valence-corrected chi connectivity index (χ3v) is 7.45. The average molecular weight is 419 g/mol. The Labute approximate surface area is 170 Å². The minimum Gasteiger partial charge on any atom is -0.326 e. The second-order valence-corrected chi connectivity index (χ2v) is 9.95. The molecule has 0 heterocycles. The van der Waals surface area contributed by atoms with E-state index in [0.717, 1.165) is 12.3 Å². The number of hydrogen-bond acceptors (Lipinski definition) is 3. The summed E-state index contributed by atoms with van der Waals surface area (Å²) in [6.45, 7) is 0. The van der Waals surface area contributed by atoms with Gasteiger partial charge in [-0.2, -0.15) is 0 Å². The molecule has 2 aromatic carbocycles. The zero-order valence-corrected chi connectivity index (χ0v) is 17.0. The Morgan fingerprint density at radius 1 is 1.04 bits per heavy atom. The number of anilines is 2. The van der Waals surface area contributed by atoms with E-state index in [0.29, 0.717) is 34.7 Å². The van der Waals surface area contributed by atoms with Crippen LogP contribution in [0.15, 0.2) is 53.4 Å². The maximum Gasteiger partial charge on any atom is 0.261 e. The quantitative estimate of drug-likeness (QED) is 0.700. The Kier molecular flexibility index (Phi) is 5.34. The highest BCUT2D eigenvalue weighted by Crippen LogP contribution is 2.49. The number of carbonyl (C=O) groups is 1. The van der Waals surface area contributed by atoms with Crippen molar-refractivity contribution in [2.45, 2.75) is 37.0 Å². The summed E-state index contributed by atoms with van der Waals surface area (Å²) in [5, 5.41) is 3.31. The molecule has 2 aliphatic rings. The Balaban J connectivity index is 1.42. The van der Waals surface area contributed by atoms with Crippen molar-refractivity contribution in [1.82, 2.24) is 0 Å². The fraction of sp³-hybridized carbons (Fsp3) is 0.381. The lowest BCUT2D eigenvalue weighted by atomic mass is 9.86. The smallest absolute Gasteiger partial charge is 0.261 e. The monoisotopic (exact) mass is 418 g/mol. The second-order valence-electron chi connectivity index (χ2n) is 7.83. The molecular weight excluding hydrogens is 396 g/mol. The second kappa shape index (κ2) is 7.76. The predicted octanol–water partition coefficient (Wildman–Crippen LogP) is 4.91. The van der Waals surface area contributed by atoms with Crippen molar-refractivity contribution in [3.8, 4) is 0 Å². The SMILES string of the molecule is O=C(CC1CC2CCC1C2)Nc1cccc(S(=O)(=O)Nc2cccc(Cl)c2)c1. The predicted molar refractivity (Wildman–Crippen MR) is 111 cm³/mol. The fourth-order valence-corrected chi connectivity index (χ4v) is 5.87. The lowest BCUT2D eigenvalue weighted by Gasteiger charge is -2.21. The van der Waals surface area contributed by atoms with Crippen LogP contribution in [-0.2, 0) is 14.8 Å². The van der Waals surface area contributed by atoms with Crippen LogP contribution in [-0.4, -0.2) is 14.3 Å². The van der Waals surface area contributed by atoms with E-state index in [-0.39, 0.29) is 10.8 Å². The van der Waals surface area contributed by atoms with E-state index in [4.69, 9.17) is 11.6 Å². The van der Waals surface area contributed by atoms with Crippen molar-refractivity contribution >= 4 is 38.9 Å². The summed E-state index contributed by atoms with van der Waals surface area (Å²) in [4.78, 5) is 12.5. The van der Waals surface area contributed by atoms with E-state index in [2.05, 4.69) is 10.0 Å². The van der Waals surface area contributed by atoms with Crippen molar-refractivity contribution < 1.29 is 13.2 Å². The molecule has 3 atom stereocenters. The summed E-state index contributed by atoms with van der Waals surface area (Å²) in [6, 6.07) is 12.8. The van der Waals surface area contributed by atoms with Crippen molar-refractivity contribution in [2.24, 2.45) is 17.8 Å². The lowest BCUT2D eigenvalue weighted by molar-refractivity contribution is -0.117. The molecule has 2 bridgehead atoms.